The second kappa shape index (κ2) is 45.7. The molecule has 0 heterocycles. The SMILES string of the molecule is CC/C=C\C/C=C\C/C=C\C/C=C\C/C=C\CC(=O)OC(CO)COCCCCCCCCCCCCCCCC/C=C\C/C=C\CCCCCCC. The second-order valence-electron chi connectivity index (χ2n) is 14.4. The lowest BCUT2D eigenvalue weighted by Crippen LogP contribution is -2.27. The van der Waals surface area contributed by atoms with Crippen LogP contribution in [0.2, 0.25) is 0 Å². The number of hydrogen-bond acceptors (Lipinski definition) is 4. The molecule has 0 amide bonds. The van der Waals surface area contributed by atoms with Gasteiger partial charge in [0.1, 0.15) is 6.10 Å². The molecule has 0 aliphatic rings. The molecule has 0 fully saturated rings. The number of hydrogen-bond donors (Lipinski definition) is 1. The molecule has 53 heavy (non-hydrogen) atoms. The van der Waals surface area contributed by atoms with E-state index in [-0.39, 0.29) is 25.6 Å². The fourth-order valence-electron chi connectivity index (χ4n) is 5.96. The van der Waals surface area contributed by atoms with Crippen molar-refractivity contribution in [3.05, 3.63) is 85.1 Å². The largest absolute Gasteiger partial charge is 0.457 e. The van der Waals surface area contributed by atoms with Crippen LogP contribution in [-0.2, 0) is 14.3 Å². The van der Waals surface area contributed by atoms with E-state index in [0.29, 0.717) is 6.61 Å². The van der Waals surface area contributed by atoms with Crippen LogP contribution < -0.4 is 0 Å². The van der Waals surface area contributed by atoms with E-state index in [2.05, 4.69) is 86.8 Å². The van der Waals surface area contributed by atoms with E-state index >= 15 is 0 Å². The van der Waals surface area contributed by atoms with Crippen molar-refractivity contribution >= 4 is 5.97 Å². The van der Waals surface area contributed by atoms with Crippen LogP contribution in [0.4, 0.5) is 0 Å². The average Bonchev–Trinajstić information content (AvgIpc) is 3.16. The molecule has 0 bridgehead atoms. The molecule has 1 unspecified atom stereocenters. The summed E-state index contributed by atoms with van der Waals surface area (Å²) in [5.41, 5.74) is 0. The zero-order valence-corrected chi connectivity index (χ0v) is 34.8. The molecule has 0 aromatic rings. The minimum absolute atomic E-state index is 0.209. The first-order valence-corrected chi connectivity index (χ1v) is 22.2. The van der Waals surface area contributed by atoms with E-state index in [9.17, 15) is 9.90 Å². The lowest BCUT2D eigenvalue weighted by Gasteiger charge is -2.15. The maximum absolute atomic E-state index is 12.1. The smallest absolute Gasteiger partial charge is 0.310 e. The van der Waals surface area contributed by atoms with Gasteiger partial charge < -0.3 is 14.6 Å². The van der Waals surface area contributed by atoms with Crippen LogP contribution in [-0.4, -0.2) is 37.0 Å². The number of esters is 1. The molecule has 0 saturated heterocycles. The van der Waals surface area contributed by atoms with Gasteiger partial charge in [0, 0.05) is 6.61 Å². The van der Waals surface area contributed by atoms with E-state index in [1.807, 2.05) is 12.2 Å². The van der Waals surface area contributed by atoms with Gasteiger partial charge in [-0.2, -0.15) is 0 Å². The van der Waals surface area contributed by atoms with E-state index in [1.54, 1.807) is 0 Å². The molecule has 4 heteroatoms. The summed E-state index contributed by atoms with van der Waals surface area (Å²) in [4.78, 5) is 12.1. The maximum Gasteiger partial charge on any atom is 0.310 e. The molecule has 4 nitrogen and oxygen atoms in total. The molecule has 0 spiro atoms. The third-order valence-corrected chi connectivity index (χ3v) is 9.24. The minimum atomic E-state index is -0.593. The van der Waals surface area contributed by atoms with E-state index < -0.39 is 6.10 Å². The van der Waals surface area contributed by atoms with Crippen molar-refractivity contribution in [2.24, 2.45) is 0 Å². The van der Waals surface area contributed by atoms with Crippen molar-refractivity contribution in [2.75, 3.05) is 19.8 Å². The lowest BCUT2D eigenvalue weighted by molar-refractivity contribution is -0.153. The molecule has 1 atom stereocenters. The second-order valence-corrected chi connectivity index (χ2v) is 14.4. The minimum Gasteiger partial charge on any atom is -0.457 e. The van der Waals surface area contributed by atoms with E-state index in [4.69, 9.17) is 9.47 Å². The summed E-state index contributed by atoms with van der Waals surface area (Å²) in [6.45, 7) is 5.11. The molecule has 0 rings (SSSR count). The summed E-state index contributed by atoms with van der Waals surface area (Å²) in [5.74, 6) is -0.328. The van der Waals surface area contributed by atoms with Crippen LogP contribution in [0.15, 0.2) is 85.1 Å². The number of rotatable bonds is 40. The Labute approximate surface area is 329 Å². The first kappa shape index (κ1) is 50.6. The van der Waals surface area contributed by atoms with Gasteiger partial charge >= 0.3 is 5.97 Å². The topological polar surface area (TPSA) is 55.8 Å². The molecule has 304 valence electrons. The van der Waals surface area contributed by atoms with E-state index in [0.717, 1.165) is 44.9 Å². The quantitative estimate of drug-likeness (QED) is 0.0387. The normalized spacial score (nSPS) is 13.2. The van der Waals surface area contributed by atoms with Gasteiger partial charge in [-0.15, -0.1) is 0 Å². The fourth-order valence-corrected chi connectivity index (χ4v) is 5.96. The van der Waals surface area contributed by atoms with Gasteiger partial charge in [-0.05, 0) is 70.6 Å². The van der Waals surface area contributed by atoms with E-state index in [1.165, 1.54) is 128 Å². The maximum atomic E-state index is 12.1. The number of unbranched alkanes of at least 4 members (excludes halogenated alkanes) is 19. The van der Waals surface area contributed by atoms with Gasteiger partial charge in [0.25, 0.3) is 0 Å². The van der Waals surface area contributed by atoms with Crippen LogP contribution in [0.5, 0.6) is 0 Å². The van der Waals surface area contributed by atoms with Crippen molar-refractivity contribution in [1.29, 1.82) is 0 Å². The summed E-state index contributed by atoms with van der Waals surface area (Å²) < 4.78 is 11.1. The molecule has 0 aromatic heterocycles. The molecular weight excluding hydrogens is 653 g/mol. The van der Waals surface area contributed by atoms with Crippen LogP contribution in [0.25, 0.3) is 0 Å². The average molecular weight is 737 g/mol. The summed E-state index contributed by atoms with van der Waals surface area (Å²) >= 11 is 0. The Bertz CT molecular complexity index is 954. The van der Waals surface area contributed by atoms with Gasteiger partial charge in [-0.25, -0.2) is 0 Å². The van der Waals surface area contributed by atoms with Crippen LogP contribution in [0.3, 0.4) is 0 Å². The highest BCUT2D eigenvalue weighted by Crippen LogP contribution is 2.14. The zero-order valence-electron chi connectivity index (χ0n) is 34.8. The summed E-state index contributed by atoms with van der Waals surface area (Å²) in [6, 6.07) is 0. The van der Waals surface area contributed by atoms with Crippen molar-refractivity contribution in [3.8, 4) is 0 Å². The third kappa shape index (κ3) is 43.9. The monoisotopic (exact) mass is 737 g/mol. The molecule has 0 aliphatic carbocycles. The molecular formula is C49H84O4. The predicted octanol–water partition coefficient (Wildman–Crippen LogP) is 14.8. The third-order valence-electron chi connectivity index (χ3n) is 9.24. The van der Waals surface area contributed by atoms with Gasteiger partial charge in [-0.3, -0.25) is 4.79 Å². The number of allylic oxidation sites excluding steroid dienone is 13. The number of aliphatic hydroxyl groups is 1. The molecule has 1 N–H and O–H groups in total. The molecule has 0 saturated carbocycles. The van der Waals surface area contributed by atoms with Gasteiger partial charge in [0.15, 0.2) is 0 Å². The van der Waals surface area contributed by atoms with Crippen molar-refractivity contribution < 1.29 is 19.4 Å². The van der Waals surface area contributed by atoms with Gasteiger partial charge in [0.2, 0.25) is 0 Å². The summed E-state index contributed by atoms with van der Waals surface area (Å²) in [7, 11) is 0. The standard InChI is InChI=1S/C49H84O4/c1-3-5-7-9-11-13-15-17-19-20-21-22-23-24-25-26-27-28-29-31-33-35-37-39-41-43-45-52-47-48(46-50)53-49(51)44-42-40-38-36-34-32-30-18-16-14-12-10-8-6-4-2/h6,8,12,14-15,17-18,20-21,30,34,36,40,42,48,50H,3-5,7,9-11,13,16,19,22-29,31-33,35,37-39,41,43-47H2,1-2H3/b8-6-,14-12-,17-15-,21-20-,30-18-,36-34-,42-40-. The number of carbonyl (C=O) groups is 1. The first-order valence-electron chi connectivity index (χ1n) is 22.2. The van der Waals surface area contributed by atoms with Crippen LogP contribution in [0, 0.1) is 0 Å². The predicted molar refractivity (Wildman–Crippen MR) is 232 cm³/mol. The Balaban J connectivity index is 3.49. The summed E-state index contributed by atoms with van der Waals surface area (Å²) in [6.07, 6.45) is 63.9. The highest BCUT2D eigenvalue weighted by atomic mass is 16.6. The Kier molecular flexibility index (Phi) is 43.6. The Hall–Kier alpha value is -2.43. The van der Waals surface area contributed by atoms with Crippen molar-refractivity contribution in [1.82, 2.24) is 0 Å². The zero-order chi connectivity index (χ0) is 38.4. The first-order chi connectivity index (χ1) is 26.2. The Morgan fingerprint density at radius 1 is 0.472 bits per heavy atom. The molecule has 0 aliphatic heterocycles. The Morgan fingerprint density at radius 2 is 0.849 bits per heavy atom. The lowest BCUT2D eigenvalue weighted by atomic mass is 10.0. The van der Waals surface area contributed by atoms with Crippen LogP contribution >= 0.6 is 0 Å². The fraction of sp³-hybridized carbons (Fsp3) is 0.694. The van der Waals surface area contributed by atoms with Gasteiger partial charge in [0.05, 0.1) is 19.6 Å². The number of carbonyl (C=O) groups excluding carboxylic acids is 1. The molecule has 0 radical (unpaired) electrons. The summed E-state index contributed by atoms with van der Waals surface area (Å²) in [5, 5.41) is 9.58. The Morgan fingerprint density at radius 3 is 1.28 bits per heavy atom. The highest BCUT2D eigenvalue weighted by molar-refractivity contribution is 5.71. The van der Waals surface area contributed by atoms with Crippen molar-refractivity contribution in [3.63, 3.8) is 0 Å². The van der Waals surface area contributed by atoms with Gasteiger partial charge in [-0.1, -0.05) is 202 Å². The molecule has 0 aromatic carbocycles. The number of ether oxygens (including phenoxy) is 2. The highest BCUT2D eigenvalue weighted by Gasteiger charge is 2.12. The van der Waals surface area contributed by atoms with Crippen molar-refractivity contribution in [2.45, 2.75) is 200 Å². The van der Waals surface area contributed by atoms with Crippen LogP contribution in [0.1, 0.15) is 194 Å². The number of aliphatic hydroxyl groups excluding tert-OH is 1.